The second-order valence-electron chi connectivity index (χ2n) is 11.2. The van der Waals surface area contributed by atoms with E-state index in [2.05, 4.69) is 15.6 Å². The Morgan fingerprint density at radius 1 is 1.11 bits per heavy atom. The number of pyridine rings is 1. The fraction of sp³-hybridized carbons (Fsp3) is 0.500. The molecule has 0 saturated heterocycles. The van der Waals surface area contributed by atoms with Crippen LogP contribution in [0.3, 0.4) is 0 Å². The minimum Gasteiger partial charge on any atom is -0.464 e. The third kappa shape index (κ3) is 6.11. The smallest absolute Gasteiger partial charge is 0.331 e. The average Bonchev–Trinajstić information content (AvgIpc) is 2.90. The van der Waals surface area contributed by atoms with Gasteiger partial charge < -0.3 is 15.4 Å². The summed E-state index contributed by atoms with van der Waals surface area (Å²) < 4.78 is 5.33. The van der Waals surface area contributed by atoms with Crippen molar-refractivity contribution in [2.24, 2.45) is 15.8 Å². The van der Waals surface area contributed by atoms with Gasteiger partial charge in [-0.1, -0.05) is 52.2 Å². The summed E-state index contributed by atoms with van der Waals surface area (Å²) in [6.45, 7) is 7.64. The molecule has 2 saturated carbocycles. The van der Waals surface area contributed by atoms with Gasteiger partial charge in [-0.05, 0) is 49.6 Å². The number of hydrogen-bond acceptors (Lipinski definition) is 7. The summed E-state index contributed by atoms with van der Waals surface area (Å²) in [5, 5.41) is 6.20. The van der Waals surface area contributed by atoms with E-state index < -0.39 is 16.9 Å². The number of aromatic nitrogens is 1. The van der Waals surface area contributed by atoms with Crippen molar-refractivity contribution in [2.75, 3.05) is 17.2 Å². The summed E-state index contributed by atoms with van der Waals surface area (Å²) in [5.41, 5.74) is 2.23. The second kappa shape index (κ2) is 11.5. The predicted molar refractivity (Wildman–Crippen MR) is 149 cm³/mol. The molecule has 202 valence electrons. The number of benzene rings is 1. The topological polar surface area (TPSA) is 110 Å². The number of aliphatic imine (C=N–C) groups is 1. The number of anilines is 3. The lowest BCUT2D eigenvalue weighted by Crippen LogP contribution is -2.52. The van der Waals surface area contributed by atoms with Crippen molar-refractivity contribution in [3.8, 4) is 0 Å². The highest BCUT2D eigenvalue weighted by Gasteiger charge is 2.52. The Morgan fingerprint density at radius 2 is 1.82 bits per heavy atom. The summed E-state index contributed by atoms with van der Waals surface area (Å²) >= 11 is 0. The van der Waals surface area contributed by atoms with Crippen molar-refractivity contribution in [2.45, 2.75) is 78.7 Å². The molecular formula is C30H38N4O4. The van der Waals surface area contributed by atoms with Crippen LogP contribution in [0.15, 0.2) is 47.6 Å². The molecule has 8 heteroatoms. The summed E-state index contributed by atoms with van der Waals surface area (Å²) in [5.74, 6) is 0.349. The number of nitrogens with zero attached hydrogens (tertiary/aromatic N) is 2. The molecule has 2 aromatic rings. The molecule has 2 aliphatic rings. The molecule has 1 aromatic heterocycles. The first-order valence-corrected chi connectivity index (χ1v) is 13.5. The molecule has 8 nitrogen and oxygen atoms in total. The molecule has 1 heterocycles. The van der Waals surface area contributed by atoms with Crippen molar-refractivity contribution in [3.63, 3.8) is 0 Å². The van der Waals surface area contributed by atoms with E-state index in [0.717, 1.165) is 49.1 Å². The molecule has 4 rings (SSSR count). The van der Waals surface area contributed by atoms with E-state index in [1.54, 1.807) is 25.3 Å². The highest BCUT2D eigenvalue weighted by molar-refractivity contribution is 6.27. The minimum atomic E-state index is -0.675. The molecule has 0 aliphatic heterocycles. The van der Waals surface area contributed by atoms with Crippen LogP contribution >= 0.6 is 0 Å². The zero-order chi connectivity index (χ0) is 27.3. The van der Waals surface area contributed by atoms with Gasteiger partial charge in [0.25, 0.3) is 0 Å². The molecule has 1 aromatic carbocycles. The van der Waals surface area contributed by atoms with Gasteiger partial charge in [0.05, 0.1) is 17.7 Å². The predicted octanol–water partition coefficient (Wildman–Crippen LogP) is 5.65. The van der Waals surface area contributed by atoms with Gasteiger partial charge in [-0.2, -0.15) is 0 Å². The number of esters is 1. The van der Waals surface area contributed by atoms with Crippen LogP contribution in [0.25, 0.3) is 0 Å². The van der Waals surface area contributed by atoms with Gasteiger partial charge in [-0.15, -0.1) is 0 Å². The molecule has 2 N–H and O–H groups in total. The Kier molecular flexibility index (Phi) is 8.29. The average molecular weight is 519 g/mol. The maximum Gasteiger partial charge on any atom is 0.331 e. The standard InChI is InChI=1S/C30H38N4O4/c1-5-38-27(36)23(33-24-19-25(35)30(24)15-7-6-8-16-30)18-20-11-13-21(14-12-20)32-26-22(10-9-17-31-26)34-28(37)29(2,3)4/h9-14,17,23H,5-8,15-16,18-19H2,1-4H3,(H,31,32)(H,34,37)/t23-/m0/s1. The lowest BCUT2D eigenvalue weighted by Gasteiger charge is -2.44. The Bertz CT molecular complexity index is 1210. The fourth-order valence-electron chi connectivity index (χ4n) is 5.04. The Morgan fingerprint density at radius 3 is 2.45 bits per heavy atom. The third-order valence-corrected chi connectivity index (χ3v) is 7.37. The molecule has 1 amide bonds. The first kappa shape index (κ1) is 27.5. The van der Waals surface area contributed by atoms with Gasteiger partial charge in [-0.25, -0.2) is 9.78 Å². The Hall–Kier alpha value is -3.55. The number of rotatable bonds is 8. The highest BCUT2D eigenvalue weighted by Crippen LogP contribution is 2.47. The maximum atomic E-state index is 12.8. The van der Waals surface area contributed by atoms with Crippen molar-refractivity contribution in [3.05, 3.63) is 48.2 Å². The van der Waals surface area contributed by atoms with Crippen LogP contribution < -0.4 is 10.6 Å². The zero-order valence-electron chi connectivity index (χ0n) is 22.8. The first-order valence-electron chi connectivity index (χ1n) is 13.5. The molecule has 1 spiro atoms. The van der Waals surface area contributed by atoms with Gasteiger partial charge >= 0.3 is 5.97 Å². The number of Topliss-reactive ketones (excluding diaryl/α,β-unsaturated/α-hetero) is 1. The van der Waals surface area contributed by atoms with Crippen LogP contribution in [0.1, 0.15) is 71.8 Å². The largest absolute Gasteiger partial charge is 0.464 e. The molecule has 2 aliphatic carbocycles. The van der Waals surface area contributed by atoms with Crippen LogP contribution in [-0.2, 0) is 25.5 Å². The lowest BCUT2D eigenvalue weighted by atomic mass is 9.58. The van der Waals surface area contributed by atoms with Crippen LogP contribution in [0.5, 0.6) is 0 Å². The Labute approximate surface area is 224 Å². The van der Waals surface area contributed by atoms with Crippen LogP contribution in [-0.4, -0.2) is 41.0 Å². The van der Waals surface area contributed by atoms with Crippen LogP contribution in [0.4, 0.5) is 17.2 Å². The van der Waals surface area contributed by atoms with Crippen molar-refractivity contribution in [1.29, 1.82) is 0 Å². The number of amides is 1. The van der Waals surface area contributed by atoms with Gasteiger partial charge in [0.1, 0.15) is 5.78 Å². The van der Waals surface area contributed by atoms with E-state index in [1.807, 2.05) is 45.0 Å². The molecule has 1 atom stereocenters. The summed E-state index contributed by atoms with van der Waals surface area (Å²) in [4.78, 5) is 47.0. The normalized spacial score (nSPS) is 18.5. The monoisotopic (exact) mass is 518 g/mol. The van der Waals surface area contributed by atoms with Crippen molar-refractivity contribution < 1.29 is 19.1 Å². The Balaban J connectivity index is 1.48. The molecular weight excluding hydrogens is 480 g/mol. The van der Waals surface area contributed by atoms with Gasteiger partial charge in [0.15, 0.2) is 11.9 Å². The fourth-order valence-corrected chi connectivity index (χ4v) is 5.04. The summed E-state index contributed by atoms with van der Waals surface area (Å²) in [6.07, 6.45) is 7.28. The van der Waals surface area contributed by atoms with Crippen LogP contribution in [0, 0.1) is 10.8 Å². The number of ketones is 1. The number of hydrogen-bond donors (Lipinski definition) is 2. The van der Waals surface area contributed by atoms with Crippen LogP contribution in [0.2, 0.25) is 0 Å². The number of nitrogens with one attached hydrogen (secondary N) is 2. The lowest BCUT2D eigenvalue weighted by molar-refractivity contribution is -0.144. The molecule has 0 radical (unpaired) electrons. The number of carbonyl (C=O) groups excluding carboxylic acids is 3. The minimum absolute atomic E-state index is 0.0984. The number of ether oxygens (including phenoxy) is 1. The first-order chi connectivity index (χ1) is 18.1. The van der Waals surface area contributed by atoms with Crippen molar-refractivity contribution in [1.82, 2.24) is 4.98 Å². The van der Waals surface area contributed by atoms with E-state index >= 15 is 0 Å². The molecule has 2 fully saturated rings. The summed E-state index contributed by atoms with van der Waals surface area (Å²) in [7, 11) is 0. The second-order valence-corrected chi connectivity index (χ2v) is 11.2. The van der Waals surface area contributed by atoms with E-state index in [0.29, 0.717) is 24.3 Å². The van der Waals surface area contributed by atoms with E-state index in [-0.39, 0.29) is 24.3 Å². The third-order valence-electron chi connectivity index (χ3n) is 7.37. The van der Waals surface area contributed by atoms with Gasteiger partial charge in [0.2, 0.25) is 5.91 Å². The maximum absolute atomic E-state index is 12.8. The van der Waals surface area contributed by atoms with Crippen molar-refractivity contribution >= 4 is 40.6 Å². The van der Waals surface area contributed by atoms with E-state index in [4.69, 9.17) is 9.73 Å². The summed E-state index contributed by atoms with van der Waals surface area (Å²) in [6, 6.07) is 10.6. The highest BCUT2D eigenvalue weighted by atomic mass is 16.5. The van der Waals surface area contributed by atoms with Gasteiger partial charge in [0, 0.05) is 35.9 Å². The van der Waals surface area contributed by atoms with E-state index in [1.165, 1.54) is 0 Å². The quantitative estimate of drug-likeness (QED) is 0.437. The van der Waals surface area contributed by atoms with Gasteiger partial charge in [-0.3, -0.25) is 14.6 Å². The molecule has 0 bridgehead atoms. The molecule has 0 unspecified atom stereocenters. The zero-order valence-corrected chi connectivity index (χ0v) is 22.8. The van der Waals surface area contributed by atoms with E-state index in [9.17, 15) is 14.4 Å². The molecule has 38 heavy (non-hydrogen) atoms. The SMILES string of the molecule is CCOC(=O)[C@H](Cc1ccc(Nc2ncccc2NC(=O)C(C)(C)C)cc1)N=C1CC(=O)C12CCCCC2. The number of carbonyl (C=O) groups is 3.